The summed E-state index contributed by atoms with van der Waals surface area (Å²) in [6.45, 7) is 11.4. The molecular weight excluding hydrogens is 576 g/mol. The van der Waals surface area contributed by atoms with Crippen molar-refractivity contribution in [2.45, 2.75) is 104 Å². The maximum Gasteiger partial charge on any atom is 0.243 e. The number of amides is 5. The SMILES string of the molecule is CC[C@H](C)[C@H]1NC(=O)[C@H](CC(C)C)NC(=O)[C@@H](C(C)C)NC(=O)[C@@H](CCCN=C(N)N)NC(=O)[C@H](Cc2ccccc2)NC1=O. The van der Waals surface area contributed by atoms with E-state index in [1.807, 2.05) is 58.0 Å². The summed E-state index contributed by atoms with van der Waals surface area (Å²) >= 11 is 0. The van der Waals surface area contributed by atoms with Crippen molar-refractivity contribution in [3.05, 3.63) is 35.9 Å². The van der Waals surface area contributed by atoms with Crippen LogP contribution in [0.3, 0.4) is 0 Å². The highest BCUT2D eigenvalue weighted by molar-refractivity contribution is 5.98. The van der Waals surface area contributed by atoms with E-state index in [2.05, 4.69) is 31.6 Å². The van der Waals surface area contributed by atoms with Gasteiger partial charge < -0.3 is 38.1 Å². The van der Waals surface area contributed by atoms with Crippen LogP contribution >= 0.6 is 0 Å². The molecule has 0 unspecified atom stereocenters. The first-order valence-corrected chi connectivity index (χ1v) is 15.8. The van der Waals surface area contributed by atoms with Gasteiger partial charge in [-0.05, 0) is 42.6 Å². The van der Waals surface area contributed by atoms with E-state index in [9.17, 15) is 24.0 Å². The molecule has 1 heterocycles. The zero-order valence-electron chi connectivity index (χ0n) is 27.4. The van der Waals surface area contributed by atoms with Crippen LogP contribution in [-0.4, -0.2) is 72.2 Å². The molecule has 6 atom stereocenters. The molecule has 13 nitrogen and oxygen atoms in total. The molecule has 1 aromatic carbocycles. The minimum Gasteiger partial charge on any atom is -0.370 e. The second-order valence-electron chi connectivity index (χ2n) is 12.6. The Morgan fingerprint density at radius 1 is 0.733 bits per heavy atom. The number of carbonyl (C=O) groups excluding carboxylic acids is 5. The number of hydrogen-bond acceptors (Lipinski definition) is 6. The molecule has 0 aromatic heterocycles. The van der Waals surface area contributed by atoms with E-state index in [1.54, 1.807) is 13.8 Å². The Balaban J connectivity index is 2.59. The quantitative estimate of drug-likeness (QED) is 0.105. The molecule has 0 spiro atoms. The third-order valence-electron chi connectivity index (χ3n) is 7.87. The van der Waals surface area contributed by atoms with Crippen LogP contribution < -0.4 is 38.1 Å². The number of aliphatic imine (C=N–C) groups is 1. The number of nitrogens with zero attached hydrogens (tertiary/aromatic N) is 1. The molecule has 250 valence electrons. The molecule has 13 heteroatoms. The van der Waals surface area contributed by atoms with E-state index in [0.29, 0.717) is 19.3 Å². The van der Waals surface area contributed by atoms with Crippen molar-refractivity contribution in [2.75, 3.05) is 6.54 Å². The van der Waals surface area contributed by atoms with Gasteiger partial charge in [0.25, 0.3) is 0 Å². The van der Waals surface area contributed by atoms with Gasteiger partial charge in [-0.15, -0.1) is 0 Å². The van der Waals surface area contributed by atoms with Crippen LogP contribution in [0, 0.1) is 17.8 Å². The average molecular weight is 629 g/mol. The Morgan fingerprint density at radius 2 is 1.27 bits per heavy atom. The highest BCUT2D eigenvalue weighted by Gasteiger charge is 2.36. The van der Waals surface area contributed by atoms with Crippen LogP contribution in [0.1, 0.15) is 72.8 Å². The summed E-state index contributed by atoms with van der Waals surface area (Å²) in [5.41, 5.74) is 11.7. The van der Waals surface area contributed by atoms with Gasteiger partial charge in [0.05, 0.1) is 0 Å². The minimum absolute atomic E-state index is 0.0396. The maximum atomic E-state index is 13.8. The van der Waals surface area contributed by atoms with E-state index in [4.69, 9.17) is 11.5 Å². The fraction of sp³-hybridized carbons (Fsp3) is 0.625. The first-order valence-electron chi connectivity index (χ1n) is 15.8. The van der Waals surface area contributed by atoms with Crippen molar-refractivity contribution in [1.82, 2.24) is 26.6 Å². The van der Waals surface area contributed by atoms with Crippen LogP contribution in [-0.2, 0) is 30.4 Å². The lowest BCUT2D eigenvalue weighted by Gasteiger charge is -2.29. The van der Waals surface area contributed by atoms with Gasteiger partial charge in [-0.3, -0.25) is 29.0 Å². The largest absolute Gasteiger partial charge is 0.370 e. The molecule has 0 radical (unpaired) electrons. The first kappa shape index (κ1) is 37.0. The number of nitrogens with two attached hydrogens (primary N) is 2. The summed E-state index contributed by atoms with van der Waals surface area (Å²) < 4.78 is 0. The zero-order valence-corrected chi connectivity index (χ0v) is 27.4. The molecule has 1 aliphatic heterocycles. The predicted octanol–water partition coefficient (Wildman–Crippen LogP) is 0.469. The van der Waals surface area contributed by atoms with Crippen LogP contribution in [0.2, 0.25) is 0 Å². The summed E-state index contributed by atoms with van der Waals surface area (Å²) in [5, 5.41) is 14.1. The molecule has 1 saturated heterocycles. The second kappa shape index (κ2) is 18.0. The molecule has 1 aliphatic rings. The average Bonchev–Trinajstić information content (AvgIpc) is 2.98. The molecule has 0 bridgehead atoms. The minimum atomic E-state index is -1.06. The van der Waals surface area contributed by atoms with Crippen molar-refractivity contribution in [3.63, 3.8) is 0 Å². The Kier molecular flexibility index (Phi) is 14.8. The predicted molar refractivity (Wildman–Crippen MR) is 173 cm³/mol. The first-order chi connectivity index (χ1) is 21.2. The zero-order chi connectivity index (χ0) is 33.7. The van der Waals surface area contributed by atoms with Crippen LogP contribution in [0.25, 0.3) is 0 Å². The monoisotopic (exact) mass is 628 g/mol. The van der Waals surface area contributed by atoms with Crippen molar-refractivity contribution in [3.8, 4) is 0 Å². The van der Waals surface area contributed by atoms with Gasteiger partial charge in [0.15, 0.2) is 5.96 Å². The summed E-state index contributed by atoms with van der Waals surface area (Å²) in [7, 11) is 0. The molecule has 0 aliphatic carbocycles. The summed E-state index contributed by atoms with van der Waals surface area (Å²) in [5.74, 6) is -3.42. The number of guanidine groups is 1. The van der Waals surface area contributed by atoms with E-state index in [-0.39, 0.29) is 43.1 Å². The van der Waals surface area contributed by atoms with Crippen molar-refractivity contribution in [1.29, 1.82) is 0 Å². The molecule has 2 rings (SSSR count). The Bertz CT molecular complexity index is 1190. The summed E-state index contributed by atoms with van der Waals surface area (Å²) in [6.07, 6.45) is 1.55. The lowest BCUT2D eigenvalue weighted by atomic mass is 9.95. The Morgan fingerprint density at radius 3 is 1.84 bits per heavy atom. The van der Waals surface area contributed by atoms with Crippen molar-refractivity contribution >= 4 is 35.5 Å². The lowest BCUT2D eigenvalue weighted by molar-refractivity contribution is -0.135. The molecule has 9 N–H and O–H groups in total. The fourth-order valence-electron chi connectivity index (χ4n) is 5.07. The van der Waals surface area contributed by atoms with Crippen LogP contribution in [0.5, 0.6) is 0 Å². The Labute approximate surface area is 266 Å². The van der Waals surface area contributed by atoms with E-state index >= 15 is 0 Å². The van der Waals surface area contributed by atoms with Gasteiger partial charge in [0.2, 0.25) is 29.5 Å². The third-order valence-corrected chi connectivity index (χ3v) is 7.87. The standard InChI is InChI=1S/C32H52N8O5/c1-7-20(6)26-31(45)38-24(17-21-12-9-8-10-13-21)28(42)36-22(14-11-15-35-32(33)34)27(41)39-25(19(4)5)30(44)37-23(16-18(2)3)29(43)40-26/h8-10,12-13,18-20,22-26H,7,11,14-17H2,1-6H3,(H,36,42)(H,37,44)(H,38,45)(H,39,41)(H,40,43)(H4,33,34,35)/t20-,22+,23-,24-,25+,26+/m0/s1. The molecule has 5 amide bonds. The second-order valence-corrected chi connectivity index (χ2v) is 12.6. The van der Waals surface area contributed by atoms with Crippen molar-refractivity contribution < 1.29 is 24.0 Å². The van der Waals surface area contributed by atoms with Crippen LogP contribution in [0.15, 0.2) is 35.3 Å². The lowest BCUT2D eigenvalue weighted by Crippen LogP contribution is -2.59. The van der Waals surface area contributed by atoms with Gasteiger partial charge in [-0.25, -0.2) is 0 Å². The van der Waals surface area contributed by atoms with Gasteiger partial charge in [-0.2, -0.15) is 0 Å². The molecule has 1 fully saturated rings. The third kappa shape index (κ3) is 12.0. The highest BCUT2D eigenvalue weighted by atomic mass is 16.2. The maximum absolute atomic E-state index is 13.8. The van der Waals surface area contributed by atoms with E-state index in [0.717, 1.165) is 5.56 Å². The van der Waals surface area contributed by atoms with Gasteiger partial charge in [-0.1, -0.05) is 78.3 Å². The number of hydrogen-bond donors (Lipinski definition) is 7. The number of benzene rings is 1. The van der Waals surface area contributed by atoms with Crippen molar-refractivity contribution in [2.24, 2.45) is 34.2 Å². The normalized spacial score (nSPS) is 24.4. The smallest absolute Gasteiger partial charge is 0.243 e. The summed E-state index contributed by atoms with van der Waals surface area (Å²) in [6, 6.07) is 4.14. The molecular formula is C32H52N8O5. The molecule has 0 saturated carbocycles. The number of carbonyl (C=O) groups is 5. The van der Waals surface area contributed by atoms with E-state index < -0.39 is 59.7 Å². The molecule has 1 aromatic rings. The Hall–Kier alpha value is -4.16. The number of nitrogens with one attached hydrogen (secondary N) is 5. The van der Waals surface area contributed by atoms with Crippen LogP contribution in [0.4, 0.5) is 0 Å². The van der Waals surface area contributed by atoms with Gasteiger partial charge in [0.1, 0.15) is 30.2 Å². The highest BCUT2D eigenvalue weighted by Crippen LogP contribution is 2.14. The van der Waals surface area contributed by atoms with Gasteiger partial charge >= 0.3 is 0 Å². The molecule has 45 heavy (non-hydrogen) atoms. The topological polar surface area (TPSA) is 210 Å². The fourth-order valence-corrected chi connectivity index (χ4v) is 5.07. The van der Waals surface area contributed by atoms with Gasteiger partial charge in [0, 0.05) is 13.0 Å². The summed E-state index contributed by atoms with van der Waals surface area (Å²) in [4.78, 5) is 72.4. The number of rotatable bonds is 11. The van der Waals surface area contributed by atoms with E-state index in [1.165, 1.54) is 0 Å².